The molecule has 0 saturated heterocycles. The van der Waals surface area contributed by atoms with Crippen LogP contribution >= 0.6 is 12.3 Å². The van der Waals surface area contributed by atoms with Gasteiger partial charge in [0.2, 0.25) is 0 Å². The Labute approximate surface area is 118 Å². The van der Waals surface area contributed by atoms with E-state index in [2.05, 4.69) is 4.18 Å². The number of hydrogen-bond donors (Lipinski definition) is 0. The van der Waals surface area contributed by atoms with E-state index < -0.39 is 0 Å². The van der Waals surface area contributed by atoms with Gasteiger partial charge in [-0.05, 0) is 24.5 Å². The number of rotatable bonds is 3. The Morgan fingerprint density at radius 3 is 2.33 bits per heavy atom. The summed E-state index contributed by atoms with van der Waals surface area (Å²) in [5.74, 6) is 1.02. The van der Waals surface area contributed by atoms with E-state index in [-0.39, 0.29) is 63.7 Å². The van der Waals surface area contributed by atoms with Crippen molar-refractivity contribution in [3.05, 3.63) is 24.3 Å². The normalized spacial score (nSPS) is 8.50. The van der Waals surface area contributed by atoms with Crippen molar-refractivity contribution in [3.8, 4) is 11.5 Å². The van der Waals surface area contributed by atoms with Gasteiger partial charge < -0.3 is 13.5 Å². The molecule has 0 aliphatic heterocycles. The van der Waals surface area contributed by atoms with E-state index >= 15 is 0 Å². The van der Waals surface area contributed by atoms with Gasteiger partial charge in [0.15, 0.2) is 11.5 Å². The molecule has 0 heterocycles. The van der Waals surface area contributed by atoms with Gasteiger partial charge in [0.05, 0.1) is 7.11 Å². The maximum Gasteiger partial charge on any atom is 1.00 e. The van der Waals surface area contributed by atoms with Crippen molar-refractivity contribution in [2.45, 2.75) is 0 Å². The molecule has 0 bridgehead atoms. The molecule has 60 valence electrons. The van der Waals surface area contributed by atoms with Crippen LogP contribution in [-0.2, 0) is 0 Å². The fourth-order valence-electron chi connectivity index (χ4n) is 0.724. The van der Waals surface area contributed by atoms with E-state index in [4.69, 9.17) is 4.74 Å². The third-order valence-corrected chi connectivity index (χ3v) is 1.44. The summed E-state index contributed by atoms with van der Waals surface area (Å²) in [6, 6.07) is 6.98. The van der Waals surface area contributed by atoms with Crippen molar-refractivity contribution in [2.75, 3.05) is 7.11 Å². The van der Waals surface area contributed by atoms with Crippen molar-refractivity contribution >= 4 is 12.3 Å². The van der Waals surface area contributed by atoms with E-state index in [1.165, 1.54) is 7.11 Å². The molecule has 3 nitrogen and oxygen atoms in total. The summed E-state index contributed by atoms with van der Waals surface area (Å²) in [4.78, 5) is 0. The molecule has 0 spiro atoms. The third-order valence-electron chi connectivity index (χ3n) is 1.19. The maximum atomic E-state index is 10.0. The van der Waals surface area contributed by atoms with Crippen LogP contribution in [0.3, 0.4) is 0 Å². The topological polar surface area (TPSA) is 41.5 Å². The average molecular weight is 210 g/mol. The molecular formula is C7H7KO3S. The first-order chi connectivity index (χ1) is 5.38. The number of hydrogen-bond acceptors (Lipinski definition) is 4. The molecule has 0 aromatic heterocycles. The van der Waals surface area contributed by atoms with Crippen LogP contribution in [0.5, 0.6) is 11.5 Å². The second kappa shape index (κ2) is 7.20. The van der Waals surface area contributed by atoms with Gasteiger partial charge in [0.25, 0.3) is 0 Å². The van der Waals surface area contributed by atoms with Crippen LogP contribution in [0.4, 0.5) is 0 Å². The average Bonchev–Trinajstić information content (AvgIpc) is 2.06. The van der Waals surface area contributed by atoms with Crippen molar-refractivity contribution in [1.82, 2.24) is 0 Å². The van der Waals surface area contributed by atoms with Crippen LogP contribution in [-0.4, -0.2) is 11.7 Å². The van der Waals surface area contributed by atoms with E-state index in [1.54, 1.807) is 24.3 Å². The summed E-state index contributed by atoms with van der Waals surface area (Å²) in [7, 11) is 1.53. The molecule has 1 aromatic rings. The second-order valence-electron chi connectivity index (χ2n) is 1.80. The van der Waals surface area contributed by atoms with Crippen LogP contribution in [0.2, 0.25) is 0 Å². The summed E-state index contributed by atoms with van der Waals surface area (Å²) < 4.78 is 19.6. The molecule has 0 atom stereocenters. The first-order valence-electron chi connectivity index (χ1n) is 2.98. The Balaban J connectivity index is 0.00000121. The fraction of sp³-hybridized carbons (Fsp3) is 0.143. The standard InChI is InChI=1S/C7H8O3S.K/c1-9-6-4-2-3-5-7(6)10-11-8;/h2-5,8H,1H3;/q;+1/p-1. The van der Waals surface area contributed by atoms with Crippen molar-refractivity contribution < 1.29 is 64.9 Å². The monoisotopic (exact) mass is 210 g/mol. The van der Waals surface area contributed by atoms with Crippen LogP contribution < -0.4 is 60.3 Å². The molecule has 1 aromatic carbocycles. The number of methoxy groups -OCH3 is 1. The van der Waals surface area contributed by atoms with Gasteiger partial charge in [0.1, 0.15) is 0 Å². The van der Waals surface area contributed by atoms with Gasteiger partial charge in [-0.2, -0.15) is 0 Å². The van der Waals surface area contributed by atoms with E-state index in [9.17, 15) is 4.55 Å². The Morgan fingerprint density at radius 1 is 1.25 bits per heavy atom. The van der Waals surface area contributed by atoms with E-state index in [1.807, 2.05) is 0 Å². The Kier molecular flexibility index (Phi) is 7.66. The molecule has 0 fully saturated rings. The van der Waals surface area contributed by atoms with Crippen molar-refractivity contribution in [3.63, 3.8) is 0 Å². The summed E-state index contributed by atoms with van der Waals surface area (Å²) in [5, 5.41) is 0. The quantitative estimate of drug-likeness (QED) is 0.467. The van der Waals surface area contributed by atoms with Gasteiger partial charge in [-0.3, -0.25) is 0 Å². The minimum Gasteiger partial charge on any atom is -0.766 e. The number of ether oxygens (including phenoxy) is 1. The molecule has 0 aliphatic carbocycles. The molecule has 0 amide bonds. The zero-order chi connectivity index (χ0) is 8.10. The van der Waals surface area contributed by atoms with Gasteiger partial charge in [0, 0.05) is 0 Å². The Morgan fingerprint density at radius 2 is 1.83 bits per heavy atom. The molecule has 0 saturated carbocycles. The summed E-state index contributed by atoms with van der Waals surface area (Å²) >= 11 is 0.0543. The molecule has 0 radical (unpaired) electrons. The van der Waals surface area contributed by atoms with E-state index in [0.717, 1.165) is 0 Å². The van der Waals surface area contributed by atoms with Crippen LogP contribution in [0, 0.1) is 0 Å². The van der Waals surface area contributed by atoms with Crippen molar-refractivity contribution in [1.29, 1.82) is 0 Å². The fourth-order valence-corrected chi connectivity index (χ4v) is 0.935. The van der Waals surface area contributed by atoms with Crippen LogP contribution in [0.15, 0.2) is 24.3 Å². The molecule has 5 heteroatoms. The Bertz CT molecular complexity index is 232. The third kappa shape index (κ3) is 3.65. The number of para-hydroxylation sites is 2. The van der Waals surface area contributed by atoms with Crippen LogP contribution in [0.1, 0.15) is 0 Å². The van der Waals surface area contributed by atoms with Crippen LogP contribution in [0.25, 0.3) is 0 Å². The molecule has 1 rings (SSSR count). The molecule has 12 heavy (non-hydrogen) atoms. The number of benzene rings is 1. The SMILES string of the molecule is COc1ccccc1OS[O-].[K+]. The van der Waals surface area contributed by atoms with Gasteiger partial charge in [-0.15, -0.1) is 0 Å². The Hall–Kier alpha value is 0.766. The largest absolute Gasteiger partial charge is 1.00 e. The van der Waals surface area contributed by atoms with E-state index in [0.29, 0.717) is 11.5 Å². The zero-order valence-electron chi connectivity index (χ0n) is 6.94. The summed E-state index contributed by atoms with van der Waals surface area (Å²) in [6.07, 6.45) is 0. The molecule has 0 unspecified atom stereocenters. The minimum absolute atomic E-state index is 0. The van der Waals surface area contributed by atoms with Crippen molar-refractivity contribution in [2.24, 2.45) is 0 Å². The minimum atomic E-state index is 0. The first kappa shape index (κ1) is 12.8. The predicted octanol–water partition coefficient (Wildman–Crippen LogP) is -1.14. The second-order valence-corrected chi connectivity index (χ2v) is 2.10. The first-order valence-corrected chi connectivity index (χ1v) is 3.64. The van der Waals surface area contributed by atoms with Gasteiger partial charge in [-0.25, -0.2) is 0 Å². The summed E-state index contributed by atoms with van der Waals surface area (Å²) in [5.41, 5.74) is 0. The smallest absolute Gasteiger partial charge is 0.766 e. The maximum absolute atomic E-state index is 10.0. The predicted molar refractivity (Wildman–Crippen MR) is 42.0 cm³/mol. The molecular weight excluding hydrogens is 203 g/mol. The van der Waals surface area contributed by atoms with Gasteiger partial charge >= 0.3 is 51.4 Å². The van der Waals surface area contributed by atoms with Gasteiger partial charge in [-0.1, -0.05) is 12.1 Å². The zero-order valence-corrected chi connectivity index (χ0v) is 10.9. The molecule has 0 N–H and O–H groups in total. The summed E-state index contributed by atoms with van der Waals surface area (Å²) in [6.45, 7) is 0. The molecule has 0 aliphatic rings.